The Bertz CT molecular complexity index is 681. The van der Waals surface area contributed by atoms with Crippen LogP contribution in [0.2, 0.25) is 0 Å². The van der Waals surface area contributed by atoms with Crippen LogP contribution in [-0.2, 0) is 12.0 Å². The van der Waals surface area contributed by atoms with Gasteiger partial charge in [-0.15, -0.1) is 24.0 Å². The van der Waals surface area contributed by atoms with Crippen molar-refractivity contribution in [3.05, 3.63) is 48.2 Å². The Morgan fingerprint density at radius 3 is 2.56 bits per heavy atom. The van der Waals surface area contributed by atoms with Crippen LogP contribution in [0, 0.1) is 0 Å². The Balaban J connectivity index is 0.00000364. The molecule has 2 N–H and O–H groups in total. The van der Waals surface area contributed by atoms with E-state index in [1.54, 1.807) is 6.20 Å². The molecule has 0 saturated carbocycles. The second-order valence-corrected chi connectivity index (χ2v) is 7.01. The molecule has 0 radical (unpaired) electrons. The third-order valence-corrected chi connectivity index (χ3v) is 3.63. The zero-order valence-electron chi connectivity index (χ0n) is 16.6. The zero-order valence-corrected chi connectivity index (χ0v) is 18.9. The summed E-state index contributed by atoms with van der Waals surface area (Å²) >= 11 is 0. The molecule has 0 atom stereocenters. The van der Waals surface area contributed by atoms with Crippen LogP contribution in [0.3, 0.4) is 0 Å². The smallest absolute Gasteiger partial charge is 0.216 e. The highest BCUT2D eigenvalue weighted by Gasteiger charge is 2.18. The maximum Gasteiger partial charge on any atom is 0.216 e. The number of hydrogen-bond donors (Lipinski definition) is 2. The van der Waals surface area contributed by atoms with Gasteiger partial charge in [0.05, 0.1) is 12.8 Å². The molecule has 27 heavy (non-hydrogen) atoms. The molecule has 1 aromatic heterocycles. The molecule has 0 bridgehead atoms. The molecule has 0 aliphatic heterocycles. The lowest BCUT2D eigenvalue weighted by atomic mass is 9.94. The molecule has 0 fully saturated rings. The summed E-state index contributed by atoms with van der Waals surface area (Å²) in [5.41, 5.74) is -0.0452. The number of nitrogens with one attached hydrogen (secondary N) is 2. The van der Waals surface area contributed by atoms with Crippen molar-refractivity contribution >= 4 is 29.9 Å². The molecule has 0 unspecified atom stereocenters. The van der Waals surface area contributed by atoms with Gasteiger partial charge < -0.3 is 19.8 Å². The van der Waals surface area contributed by atoms with Gasteiger partial charge in [0.1, 0.15) is 18.1 Å². The zero-order chi connectivity index (χ0) is 18.8. The summed E-state index contributed by atoms with van der Waals surface area (Å²) in [7, 11) is 0. The molecule has 0 spiro atoms. The fourth-order valence-electron chi connectivity index (χ4n) is 2.20. The van der Waals surface area contributed by atoms with Gasteiger partial charge in [0, 0.05) is 18.5 Å². The number of benzene rings is 1. The lowest BCUT2D eigenvalue weighted by molar-refractivity contribution is 0.311. The maximum absolute atomic E-state index is 5.77. The average molecular weight is 486 g/mol. The Morgan fingerprint density at radius 2 is 1.93 bits per heavy atom. The van der Waals surface area contributed by atoms with E-state index in [9.17, 15) is 0 Å². The second-order valence-electron chi connectivity index (χ2n) is 7.01. The van der Waals surface area contributed by atoms with E-state index < -0.39 is 0 Å². The summed E-state index contributed by atoms with van der Waals surface area (Å²) in [5, 5.41) is 6.53. The summed E-state index contributed by atoms with van der Waals surface area (Å²) < 4.78 is 11.5. The van der Waals surface area contributed by atoms with Crippen LogP contribution >= 0.6 is 24.0 Å². The molecular formula is C20H31IN4O2. The highest BCUT2D eigenvalue weighted by Crippen LogP contribution is 2.22. The van der Waals surface area contributed by atoms with Crippen LogP contribution in [0.25, 0.3) is 0 Å². The van der Waals surface area contributed by atoms with E-state index in [-0.39, 0.29) is 29.4 Å². The van der Waals surface area contributed by atoms with Crippen molar-refractivity contribution in [2.45, 2.75) is 46.1 Å². The highest BCUT2D eigenvalue weighted by molar-refractivity contribution is 14.0. The fraction of sp³-hybridized carbons (Fsp3) is 0.500. The van der Waals surface area contributed by atoms with E-state index in [0.29, 0.717) is 19.0 Å². The van der Waals surface area contributed by atoms with Gasteiger partial charge in [-0.3, -0.25) is 0 Å². The summed E-state index contributed by atoms with van der Waals surface area (Å²) in [5.74, 6) is 3.15. The van der Waals surface area contributed by atoms with E-state index in [1.807, 2.05) is 37.3 Å². The summed E-state index contributed by atoms with van der Waals surface area (Å²) in [4.78, 5) is 8.84. The minimum absolute atomic E-state index is 0. The molecule has 150 valence electrons. The van der Waals surface area contributed by atoms with Crippen LogP contribution < -0.4 is 15.4 Å². The third-order valence-electron chi connectivity index (χ3n) is 3.63. The molecule has 1 aromatic carbocycles. The number of nitrogens with zero attached hydrogens (tertiary/aromatic N) is 2. The first kappa shape index (κ1) is 23.3. The maximum atomic E-state index is 5.77. The van der Waals surface area contributed by atoms with Gasteiger partial charge in [0.25, 0.3) is 0 Å². The molecular weight excluding hydrogens is 455 g/mol. The first-order valence-corrected chi connectivity index (χ1v) is 9.14. The molecule has 0 aliphatic rings. The van der Waals surface area contributed by atoms with E-state index >= 15 is 0 Å². The number of halogens is 1. The quantitative estimate of drug-likeness (QED) is 0.254. The lowest BCUT2D eigenvalue weighted by Crippen LogP contribution is -2.38. The predicted molar refractivity (Wildman–Crippen MR) is 120 cm³/mol. The van der Waals surface area contributed by atoms with Crippen molar-refractivity contribution in [3.8, 4) is 5.75 Å². The van der Waals surface area contributed by atoms with E-state index in [4.69, 9.17) is 9.15 Å². The Hall–Kier alpha value is -1.77. The second kappa shape index (κ2) is 11.8. The minimum Gasteiger partial charge on any atom is -0.494 e. The molecule has 2 rings (SSSR count). The fourth-order valence-corrected chi connectivity index (χ4v) is 2.20. The number of ether oxygens (including phenoxy) is 1. The first-order chi connectivity index (χ1) is 12.5. The normalized spacial score (nSPS) is 11.6. The van der Waals surface area contributed by atoms with Crippen LogP contribution in [0.5, 0.6) is 5.75 Å². The number of rotatable bonds is 8. The number of hydrogen-bond acceptors (Lipinski definition) is 4. The first-order valence-electron chi connectivity index (χ1n) is 9.14. The van der Waals surface area contributed by atoms with Crippen LogP contribution in [-0.4, -0.2) is 30.6 Å². The van der Waals surface area contributed by atoms with Gasteiger partial charge >= 0.3 is 0 Å². The summed E-state index contributed by atoms with van der Waals surface area (Å²) in [6.07, 6.45) is 2.67. The largest absolute Gasteiger partial charge is 0.494 e. The molecule has 0 amide bonds. The highest BCUT2D eigenvalue weighted by atomic mass is 127. The lowest BCUT2D eigenvalue weighted by Gasteiger charge is -2.13. The molecule has 0 saturated heterocycles. The van der Waals surface area contributed by atoms with Gasteiger partial charge in [-0.2, -0.15) is 0 Å². The van der Waals surface area contributed by atoms with Crippen molar-refractivity contribution in [3.63, 3.8) is 0 Å². The number of para-hydroxylation sites is 1. The van der Waals surface area contributed by atoms with E-state index in [2.05, 4.69) is 41.4 Å². The van der Waals surface area contributed by atoms with Crippen LogP contribution in [0.4, 0.5) is 0 Å². The van der Waals surface area contributed by atoms with Crippen molar-refractivity contribution in [1.82, 2.24) is 15.6 Å². The van der Waals surface area contributed by atoms with Crippen molar-refractivity contribution in [2.24, 2.45) is 4.99 Å². The molecule has 7 heteroatoms. The predicted octanol–water partition coefficient (Wildman–Crippen LogP) is 4.11. The summed E-state index contributed by atoms with van der Waals surface area (Å²) in [6.45, 7) is 11.0. The van der Waals surface area contributed by atoms with Crippen LogP contribution in [0.15, 0.2) is 45.9 Å². The standard InChI is InChI=1S/C20H30N4O2.HI/c1-5-21-19(22-12-9-13-25-16-10-7-6-8-11-16)24-15-18-23-14-17(26-18)20(2,3)4;/h6-8,10-11,14H,5,9,12-13,15H2,1-4H3,(H2,21,22,24);1H. The SMILES string of the molecule is CCNC(=NCc1ncc(C(C)(C)C)o1)NCCCOc1ccccc1.I. The topological polar surface area (TPSA) is 71.7 Å². The Morgan fingerprint density at radius 1 is 1.19 bits per heavy atom. The molecule has 2 aromatic rings. The number of guanidine groups is 1. The molecule has 1 heterocycles. The molecule has 6 nitrogen and oxygen atoms in total. The van der Waals surface area contributed by atoms with Gasteiger partial charge in [0.15, 0.2) is 5.96 Å². The third kappa shape index (κ3) is 8.64. The van der Waals surface area contributed by atoms with Crippen molar-refractivity contribution < 1.29 is 9.15 Å². The van der Waals surface area contributed by atoms with Crippen LogP contribution in [0.1, 0.15) is 45.8 Å². The number of aliphatic imine (C=N–C) groups is 1. The monoisotopic (exact) mass is 486 g/mol. The van der Waals surface area contributed by atoms with E-state index in [1.165, 1.54) is 0 Å². The van der Waals surface area contributed by atoms with Gasteiger partial charge in [-0.25, -0.2) is 9.98 Å². The number of oxazole rings is 1. The Kier molecular flexibility index (Phi) is 10.2. The van der Waals surface area contributed by atoms with E-state index in [0.717, 1.165) is 37.0 Å². The molecule has 0 aliphatic carbocycles. The summed E-state index contributed by atoms with van der Waals surface area (Å²) in [6, 6.07) is 9.84. The average Bonchev–Trinajstić information content (AvgIpc) is 3.09. The van der Waals surface area contributed by atoms with Gasteiger partial charge in [0.2, 0.25) is 5.89 Å². The minimum atomic E-state index is -0.0452. The van der Waals surface area contributed by atoms with Gasteiger partial charge in [-0.05, 0) is 25.5 Å². The van der Waals surface area contributed by atoms with Crippen molar-refractivity contribution in [1.29, 1.82) is 0 Å². The number of aromatic nitrogens is 1. The Labute approximate surface area is 179 Å². The van der Waals surface area contributed by atoms with Gasteiger partial charge in [-0.1, -0.05) is 39.0 Å². The van der Waals surface area contributed by atoms with Crippen molar-refractivity contribution in [2.75, 3.05) is 19.7 Å².